The average molecular weight is 214 g/mol. The molecule has 0 bridgehead atoms. The first-order valence-electron chi connectivity index (χ1n) is 3.49. The third-order valence-corrected chi connectivity index (χ3v) is 1.68. The van der Waals surface area contributed by atoms with Crippen molar-refractivity contribution in [3.05, 3.63) is 24.0 Å². The largest absolute Gasteiger partial charge is 0.464 e. The number of nitrogens with zero attached hydrogens (tertiary/aromatic N) is 2. The lowest BCUT2D eigenvalue weighted by Gasteiger charge is -1.98. The lowest BCUT2D eigenvalue weighted by atomic mass is 10.3. The van der Waals surface area contributed by atoms with Crippen LogP contribution in [0.25, 0.3) is 0 Å². The van der Waals surface area contributed by atoms with Crippen molar-refractivity contribution in [3.8, 4) is 0 Å². The summed E-state index contributed by atoms with van der Waals surface area (Å²) >= 11 is 0. The zero-order valence-corrected chi connectivity index (χ0v) is 7.98. The van der Waals surface area contributed by atoms with Crippen molar-refractivity contribution >= 4 is 22.2 Å². The number of esters is 1. The minimum Gasteiger partial charge on any atom is -0.464 e. The number of hydrogen-bond donors (Lipinski definition) is 0. The maximum Gasteiger partial charge on any atom is 0.358 e. The predicted molar refractivity (Wildman–Crippen MR) is 46.6 cm³/mol. The highest BCUT2D eigenvalue weighted by Gasteiger charge is 2.12. The minimum atomic E-state index is -2.62. The topological polar surface area (TPSA) is 85.7 Å². The minimum absolute atomic E-state index is 0.0346. The summed E-state index contributed by atoms with van der Waals surface area (Å²) in [7, 11) is -1.44. The van der Waals surface area contributed by atoms with E-state index in [0.717, 1.165) is 0 Å². The van der Waals surface area contributed by atoms with Crippen LogP contribution in [0.5, 0.6) is 0 Å². The summed E-state index contributed by atoms with van der Waals surface area (Å²) in [5.74, 6) is -0.727. The Balaban J connectivity index is 3.30. The fourth-order valence-electron chi connectivity index (χ4n) is 0.805. The number of hydrogen-bond acceptors (Lipinski definition) is 6. The predicted octanol–water partition coefficient (Wildman–Crippen LogP) is 0.562. The van der Waals surface area contributed by atoms with Crippen LogP contribution in [0.2, 0.25) is 0 Å². The van der Waals surface area contributed by atoms with Crippen LogP contribution in [0.1, 0.15) is 10.5 Å². The Kier molecular flexibility index (Phi) is 3.29. The number of aromatic nitrogens is 1. The Morgan fingerprint density at radius 2 is 2.29 bits per heavy atom. The number of carbonyl (C=O) groups is 1. The Bertz CT molecular complexity index is 472. The second-order valence-electron chi connectivity index (χ2n) is 2.17. The van der Waals surface area contributed by atoms with Gasteiger partial charge in [-0.15, -0.1) is 4.36 Å². The zero-order valence-electron chi connectivity index (χ0n) is 7.17. The highest BCUT2D eigenvalue weighted by Crippen LogP contribution is 2.16. The second-order valence-corrected chi connectivity index (χ2v) is 2.79. The van der Waals surface area contributed by atoms with Gasteiger partial charge in [-0.25, -0.2) is 9.78 Å². The third kappa shape index (κ3) is 2.36. The smallest absolute Gasteiger partial charge is 0.358 e. The van der Waals surface area contributed by atoms with Gasteiger partial charge >= 0.3 is 16.5 Å². The van der Waals surface area contributed by atoms with E-state index in [1.807, 2.05) is 0 Å². The second kappa shape index (κ2) is 4.47. The van der Waals surface area contributed by atoms with Gasteiger partial charge in [0.2, 0.25) is 0 Å². The molecule has 0 spiro atoms. The third-order valence-electron chi connectivity index (χ3n) is 1.34. The Labute approximate surface area is 81.2 Å². The molecular weight excluding hydrogens is 208 g/mol. The summed E-state index contributed by atoms with van der Waals surface area (Å²) in [4.78, 5) is 14.7. The van der Waals surface area contributed by atoms with Gasteiger partial charge in [0.05, 0.1) is 7.11 Å². The lowest BCUT2D eigenvalue weighted by Crippen LogP contribution is -2.03. The summed E-state index contributed by atoms with van der Waals surface area (Å²) in [6.45, 7) is 0. The Morgan fingerprint density at radius 1 is 1.57 bits per heavy atom. The van der Waals surface area contributed by atoms with Gasteiger partial charge in [0.1, 0.15) is 5.69 Å². The molecule has 6 nitrogen and oxygen atoms in total. The molecule has 1 rings (SSSR count). The van der Waals surface area contributed by atoms with Gasteiger partial charge in [0.25, 0.3) is 0 Å². The molecular formula is C7H6N2O4S. The van der Waals surface area contributed by atoms with E-state index in [1.165, 1.54) is 25.4 Å². The van der Waals surface area contributed by atoms with Gasteiger partial charge in [-0.05, 0) is 12.1 Å². The summed E-state index contributed by atoms with van der Waals surface area (Å²) in [5, 5.41) is 0. The van der Waals surface area contributed by atoms with E-state index in [2.05, 4.69) is 14.1 Å². The van der Waals surface area contributed by atoms with E-state index in [4.69, 9.17) is 0 Å². The highest BCUT2D eigenvalue weighted by atomic mass is 32.2. The molecule has 0 aliphatic rings. The molecule has 0 saturated heterocycles. The Hall–Kier alpha value is -1.76. The van der Waals surface area contributed by atoms with E-state index in [0.29, 0.717) is 0 Å². The van der Waals surface area contributed by atoms with Crippen LogP contribution >= 0.6 is 0 Å². The molecule has 0 atom stereocenters. The molecule has 1 aromatic rings. The van der Waals surface area contributed by atoms with Crippen LogP contribution in [0.3, 0.4) is 0 Å². The highest BCUT2D eigenvalue weighted by molar-refractivity contribution is 7.61. The molecule has 0 N–H and O–H groups in total. The molecule has 7 heteroatoms. The van der Waals surface area contributed by atoms with E-state index in [1.54, 1.807) is 0 Å². The molecule has 0 radical (unpaired) electrons. The van der Waals surface area contributed by atoms with Crippen molar-refractivity contribution < 1.29 is 17.9 Å². The zero-order chi connectivity index (χ0) is 10.6. The van der Waals surface area contributed by atoms with Crippen LogP contribution in [0, 0.1) is 0 Å². The lowest BCUT2D eigenvalue weighted by molar-refractivity contribution is 0.0595. The first-order valence-corrected chi connectivity index (χ1v) is 4.52. The van der Waals surface area contributed by atoms with Crippen LogP contribution in [0.4, 0.5) is 5.69 Å². The van der Waals surface area contributed by atoms with Crippen molar-refractivity contribution in [2.45, 2.75) is 0 Å². The van der Waals surface area contributed by atoms with Crippen molar-refractivity contribution in [2.75, 3.05) is 7.11 Å². The standard InChI is InChI=1S/C7H6N2O4S/c1-13-7(10)6-5(9-14(11)12)3-2-4-8-6/h2-4H,1H3. The van der Waals surface area contributed by atoms with Gasteiger partial charge in [0, 0.05) is 6.20 Å². The van der Waals surface area contributed by atoms with Crippen molar-refractivity contribution in [3.63, 3.8) is 0 Å². The summed E-state index contributed by atoms with van der Waals surface area (Å²) in [6, 6.07) is 2.83. The first-order chi connectivity index (χ1) is 6.65. The summed E-state index contributed by atoms with van der Waals surface area (Å²) in [5.41, 5.74) is -0.160. The number of methoxy groups -OCH3 is 1. The maximum absolute atomic E-state index is 11.1. The number of carbonyl (C=O) groups excluding carboxylic acids is 1. The Morgan fingerprint density at radius 3 is 2.86 bits per heavy atom. The van der Waals surface area contributed by atoms with Crippen LogP contribution < -0.4 is 0 Å². The monoisotopic (exact) mass is 214 g/mol. The fourth-order valence-corrected chi connectivity index (χ4v) is 1.11. The normalized spacial score (nSPS) is 9.21. The maximum atomic E-state index is 11.1. The number of pyridine rings is 1. The number of rotatable bonds is 2. The molecule has 1 aromatic heterocycles. The molecule has 0 amide bonds. The molecule has 0 aliphatic carbocycles. The van der Waals surface area contributed by atoms with E-state index in [9.17, 15) is 13.2 Å². The molecule has 1 heterocycles. The number of ether oxygens (including phenoxy) is 1. The summed E-state index contributed by atoms with van der Waals surface area (Å²) < 4.78 is 28.1. The molecule has 0 aliphatic heterocycles. The van der Waals surface area contributed by atoms with Gasteiger partial charge in [-0.1, -0.05) is 0 Å². The quantitative estimate of drug-likeness (QED) is 0.671. The van der Waals surface area contributed by atoms with Crippen LogP contribution in [-0.2, 0) is 15.2 Å². The molecule has 0 fully saturated rings. The molecule has 0 saturated carbocycles. The van der Waals surface area contributed by atoms with Crippen molar-refractivity contribution in [1.82, 2.24) is 4.98 Å². The summed E-state index contributed by atoms with van der Waals surface area (Å²) in [6.07, 6.45) is 1.35. The van der Waals surface area contributed by atoms with Gasteiger partial charge in [-0.2, -0.15) is 8.42 Å². The first kappa shape index (κ1) is 10.3. The van der Waals surface area contributed by atoms with Crippen LogP contribution in [0.15, 0.2) is 22.7 Å². The molecule has 14 heavy (non-hydrogen) atoms. The van der Waals surface area contributed by atoms with E-state index >= 15 is 0 Å². The fraction of sp³-hybridized carbons (Fsp3) is 0.143. The van der Waals surface area contributed by atoms with Gasteiger partial charge in [0.15, 0.2) is 5.69 Å². The molecule has 0 unspecified atom stereocenters. The van der Waals surface area contributed by atoms with E-state index in [-0.39, 0.29) is 11.4 Å². The van der Waals surface area contributed by atoms with Gasteiger partial charge in [-0.3, -0.25) is 0 Å². The van der Waals surface area contributed by atoms with Crippen molar-refractivity contribution in [2.24, 2.45) is 4.36 Å². The SMILES string of the molecule is COC(=O)c1ncccc1N=S(=O)=O. The van der Waals surface area contributed by atoms with Crippen LogP contribution in [-0.4, -0.2) is 26.5 Å². The van der Waals surface area contributed by atoms with E-state index < -0.39 is 16.5 Å². The van der Waals surface area contributed by atoms with Crippen molar-refractivity contribution in [1.29, 1.82) is 0 Å². The van der Waals surface area contributed by atoms with Gasteiger partial charge < -0.3 is 4.74 Å². The average Bonchev–Trinajstić information content (AvgIpc) is 2.16. The molecule has 0 aromatic carbocycles. The molecule has 74 valence electrons.